The number of hydrogen-bond donors (Lipinski definition) is 1. The highest BCUT2D eigenvalue weighted by Gasteiger charge is 2.16. The molecular weight excluding hydrogens is 239 g/mol. The molecule has 1 atom stereocenters. The maximum absolute atomic E-state index is 14.0. The SMILES string of the molecule is CCCCN(CCCC)c1cccc(F)c1[C@@H](C)N. The van der Waals surface area contributed by atoms with E-state index in [1.165, 1.54) is 6.07 Å². The minimum atomic E-state index is -0.276. The van der Waals surface area contributed by atoms with Crippen LogP contribution in [-0.4, -0.2) is 13.1 Å². The van der Waals surface area contributed by atoms with Crippen LogP contribution in [0.3, 0.4) is 0 Å². The lowest BCUT2D eigenvalue weighted by atomic mass is 10.0. The summed E-state index contributed by atoms with van der Waals surface area (Å²) in [5.74, 6) is -0.189. The van der Waals surface area contributed by atoms with Crippen LogP contribution in [0.15, 0.2) is 18.2 Å². The molecule has 1 aromatic rings. The smallest absolute Gasteiger partial charge is 0.130 e. The van der Waals surface area contributed by atoms with E-state index >= 15 is 0 Å². The van der Waals surface area contributed by atoms with Gasteiger partial charge in [-0.2, -0.15) is 0 Å². The summed E-state index contributed by atoms with van der Waals surface area (Å²) in [5.41, 5.74) is 7.56. The fourth-order valence-corrected chi connectivity index (χ4v) is 2.30. The van der Waals surface area contributed by atoms with Crippen molar-refractivity contribution >= 4 is 5.69 Å². The molecular formula is C16H27FN2. The van der Waals surface area contributed by atoms with Crippen LogP contribution < -0.4 is 10.6 Å². The van der Waals surface area contributed by atoms with Crippen molar-refractivity contribution in [3.8, 4) is 0 Å². The molecule has 1 rings (SSSR count). The lowest BCUT2D eigenvalue weighted by Gasteiger charge is -2.28. The zero-order valence-corrected chi connectivity index (χ0v) is 12.5. The fraction of sp³-hybridized carbons (Fsp3) is 0.625. The number of benzene rings is 1. The largest absolute Gasteiger partial charge is 0.371 e. The summed E-state index contributed by atoms with van der Waals surface area (Å²) in [4.78, 5) is 2.29. The summed E-state index contributed by atoms with van der Waals surface area (Å²) < 4.78 is 14.0. The lowest BCUT2D eigenvalue weighted by Crippen LogP contribution is -2.28. The molecule has 0 unspecified atom stereocenters. The first-order valence-electron chi connectivity index (χ1n) is 7.40. The molecule has 0 amide bonds. The van der Waals surface area contributed by atoms with Gasteiger partial charge in [0.2, 0.25) is 0 Å². The van der Waals surface area contributed by atoms with Gasteiger partial charge in [0.05, 0.1) is 0 Å². The van der Waals surface area contributed by atoms with E-state index in [-0.39, 0.29) is 11.9 Å². The number of hydrogen-bond acceptors (Lipinski definition) is 2. The zero-order chi connectivity index (χ0) is 14.3. The first-order chi connectivity index (χ1) is 9.11. The predicted molar refractivity (Wildman–Crippen MR) is 81.0 cm³/mol. The van der Waals surface area contributed by atoms with Crippen molar-refractivity contribution in [3.63, 3.8) is 0 Å². The van der Waals surface area contributed by atoms with E-state index < -0.39 is 0 Å². The van der Waals surface area contributed by atoms with E-state index in [0.717, 1.165) is 44.5 Å². The van der Waals surface area contributed by atoms with E-state index in [0.29, 0.717) is 5.56 Å². The lowest BCUT2D eigenvalue weighted by molar-refractivity contribution is 0.588. The molecule has 3 heteroatoms. The topological polar surface area (TPSA) is 29.3 Å². The van der Waals surface area contributed by atoms with Crippen molar-refractivity contribution in [2.75, 3.05) is 18.0 Å². The number of nitrogens with two attached hydrogens (primary N) is 1. The fourth-order valence-electron chi connectivity index (χ4n) is 2.30. The molecule has 108 valence electrons. The van der Waals surface area contributed by atoms with Crippen LogP contribution in [0.1, 0.15) is 58.1 Å². The third kappa shape index (κ3) is 4.50. The Balaban J connectivity index is 3.02. The average molecular weight is 266 g/mol. The van der Waals surface area contributed by atoms with Crippen LogP contribution >= 0.6 is 0 Å². The van der Waals surface area contributed by atoms with E-state index in [9.17, 15) is 4.39 Å². The number of unbranched alkanes of at least 4 members (excludes halogenated alkanes) is 2. The second-order valence-electron chi connectivity index (χ2n) is 5.16. The highest BCUT2D eigenvalue weighted by atomic mass is 19.1. The van der Waals surface area contributed by atoms with E-state index in [1.807, 2.05) is 13.0 Å². The van der Waals surface area contributed by atoms with Crippen LogP contribution in [0.25, 0.3) is 0 Å². The van der Waals surface area contributed by atoms with Gasteiger partial charge in [-0.05, 0) is 31.9 Å². The summed E-state index contributed by atoms with van der Waals surface area (Å²) in [6.07, 6.45) is 4.54. The van der Waals surface area contributed by atoms with Gasteiger partial charge in [0.25, 0.3) is 0 Å². The summed E-state index contributed by atoms with van der Waals surface area (Å²) in [6.45, 7) is 8.14. The minimum absolute atomic E-state index is 0.189. The van der Waals surface area contributed by atoms with Crippen LogP contribution in [0.5, 0.6) is 0 Å². The van der Waals surface area contributed by atoms with Gasteiger partial charge in [0.1, 0.15) is 5.82 Å². The third-order valence-electron chi connectivity index (χ3n) is 3.39. The Morgan fingerprint density at radius 2 is 1.74 bits per heavy atom. The van der Waals surface area contributed by atoms with Crippen LogP contribution in [0.4, 0.5) is 10.1 Å². The van der Waals surface area contributed by atoms with E-state index in [4.69, 9.17) is 5.73 Å². The van der Waals surface area contributed by atoms with E-state index in [1.54, 1.807) is 6.07 Å². The Bertz CT molecular complexity index is 369. The molecule has 1 aromatic carbocycles. The second kappa shape index (κ2) is 8.16. The molecule has 0 aromatic heterocycles. The van der Waals surface area contributed by atoms with Crippen molar-refractivity contribution in [1.82, 2.24) is 0 Å². The molecule has 0 spiro atoms. The number of nitrogens with zero attached hydrogens (tertiary/aromatic N) is 1. The average Bonchev–Trinajstić information content (AvgIpc) is 2.38. The summed E-state index contributed by atoms with van der Waals surface area (Å²) >= 11 is 0. The first kappa shape index (κ1) is 16.0. The van der Waals surface area contributed by atoms with Crippen molar-refractivity contribution in [2.45, 2.75) is 52.5 Å². The second-order valence-corrected chi connectivity index (χ2v) is 5.16. The van der Waals surface area contributed by atoms with Crippen LogP contribution in [-0.2, 0) is 0 Å². The summed E-state index contributed by atoms with van der Waals surface area (Å²) in [5, 5.41) is 0. The third-order valence-corrected chi connectivity index (χ3v) is 3.39. The minimum Gasteiger partial charge on any atom is -0.371 e. The zero-order valence-electron chi connectivity index (χ0n) is 12.5. The Labute approximate surface area is 116 Å². The standard InChI is InChI=1S/C16H27FN2/c1-4-6-11-19(12-7-5-2)15-10-8-9-14(17)16(15)13(3)18/h8-10,13H,4-7,11-12,18H2,1-3H3/t13-/m1/s1. The summed E-state index contributed by atoms with van der Waals surface area (Å²) in [6, 6.07) is 5.00. The van der Waals surface area contributed by atoms with Crippen molar-refractivity contribution in [2.24, 2.45) is 5.73 Å². The van der Waals surface area contributed by atoms with Gasteiger partial charge < -0.3 is 10.6 Å². The Morgan fingerprint density at radius 1 is 1.16 bits per heavy atom. The number of anilines is 1. The number of rotatable bonds is 8. The molecule has 0 saturated heterocycles. The molecule has 0 radical (unpaired) electrons. The Kier molecular flexibility index (Phi) is 6.85. The van der Waals surface area contributed by atoms with Crippen LogP contribution in [0.2, 0.25) is 0 Å². The molecule has 2 nitrogen and oxygen atoms in total. The Morgan fingerprint density at radius 3 is 2.21 bits per heavy atom. The molecule has 0 aliphatic heterocycles. The van der Waals surface area contributed by atoms with Gasteiger partial charge >= 0.3 is 0 Å². The highest BCUT2D eigenvalue weighted by molar-refractivity contribution is 5.55. The molecule has 2 N–H and O–H groups in total. The van der Waals surface area contributed by atoms with Gasteiger partial charge in [-0.3, -0.25) is 0 Å². The normalized spacial score (nSPS) is 12.5. The predicted octanol–water partition coefficient (Wildman–Crippen LogP) is 4.25. The Hall–Kier alpha value is -1.09. The summed E-state index contributed by atoms with van der Waals surface area (Å²) in [7, 11) is 0. The van der Waals surface area contributed by atoms with E-state index in [2.05, 4.69) is 18.7 Å². The van der Waals surface area contributed by atoms with Gasteiger partial charge in [0.15, 0.2) is 0 Å². The monoisotopic (exact) mass is 266 g/mol. The maximum Gasteiger partial charge on any atom is 0.130 e. The van der Waals surface area contributed by atoms with Crippen molar-refractivity contribution in [3.05, 3.63) is 29.6 Å². The molecule has 0 heterocycles. The molecule has 0 saturated carbocycles. The molecule has 0 fully saturated rings. The molecule has 19 heavy (non-hydrogen) atoms. The molecule has 0 aliphatic carbocycles. The van der Waals surface area contributed by atoms with Crippen LogP contribution in [0, 0.1) is 5.82 Å². The quantitative estimate of drug-likeness (QED) is 0.762. The highest BCUT2D eigenvalue weighted by Crippen LogP contribution is 2.28. The molecule has 0 bridgehead atoms. The van der Waals surface area contributed by atoms with Crippen molar-refractivity contribution in [1.29, 1.82) is 0 Å². The molecule has 0 aliphatic rings. The van der Waals surface area contributed by atoms with Gasteiger partial charge in [-0.25, -0.2) is 4.39 Å². The van der Waals surface area contributed by atoms with Crippen molar-refractivity contribution < 1.29 is 4.39 Å². The van der Waals surface area contributed by atoms with Gasteiger partial charge in [0, 0.05) is 30.4 Å². The first-order valence-corrected chi connectivity index (χ1v) is 7.40. The number of halogens is 1. The maximum atomic E-state index is 14.0. The van der Waals surface area contributed by atoms with Gasteiger partial charge in [-0.1, -0.05) is 32.8 Å². The van der Waals surface area contributed by atoms with Gasteiger partial charge in [-0.15, -0.1) is 0 Å².